The maximum atomic E-state index is 11.0. The molecule has 5 heteroatoms. The molecule has 0 aromatic heterocycles. The number of ether oxygens (including phenoxy) is 1. The average Bonchev–Trinajstić information content (AvgIpc) is 2.38. The van der Waals surface area contributed by atoms with Gasteiger partial charge in [0, 0.05) is 25.3 Å². The van der Waals surface area contributed by atoms with E-state index in [0.717, 1.165) is 18.8 Å². The summed E-state index contributed by atoms with van der Waals surface area (Å²) in [6.07, 6.45) is 0.0540. The third-order valence-corrected chi connectivity index (χ3v) is 3.21. The number of benzene rings is 1. The van der Waals surface area contributed by atoms with Gasteiger partial charge in [-0.25, -0.2) is 0 Å². The van der Waals surface area contributed by atoms with Crippen molar-refractivity contribution in [3.8, 4) is 0 Å². The molecular weight excluding hydrogens is 244 g/mol. The molecular formula is C14H20N2O3. The molecule has 1 atom stereocenters. The number of hydrogen-bond acceptors (Lipinski definition) is 4. The van der Waals surface area contributed by atoms with E-state index < -0.39 is 5.97 Å². The third-order valence-electron chi connectivity index (χ3n) is 3.21. The molecule has 1 N–H and O–H groups in total. The minimum atomic E-state index is -0.826. The second kappa shape index (κ2) is 6.54. The summed E-state index contributed by atoms with van der Waals surface area (Å²) >= 11 is 0. The van der Waals surface area contributed by atoms with Crippen molar-refractivity contribution in [3.63, 3.8) is 0 Å². The van der Waals surface area contributed by atoms with Crippen LogP contribution in [0.15, 0.2) is 30.3 Å². The highest BCUT2D eigenvalue weighted by Gasteiger charge is 2.22. The third kappa shape index (κ3) is 4.22. The van der Waals surface area contributed by atoms with Crippen LogP contribution in [0.5, 0.6) is 0 Å². The smallest absolute Gasteiger partial charge is 0.323 e. The van der Waals surface area contributed by atoms with Gasteiger partial charge < -0.3 is 19.6 Å². The van der Waals surface area contributed by atoms with Gasteiger partial charge in [-0.1, -0.05) is 18.2 Å². The topological polar surface area (TPSA) is 53.0 Å². The van der Waals surface area contributed by atoms with Crippen LogP contribution < -0.4 is 4.90 Å². The minimum Gasteiger partial charge on any atom is -0.480 e. The monoisotopic (exact) mass is 264 g/mol. The number of carbonyl (C=O) groups is 1. The minimum absolute atomic E-state index is 0.00636. The summed E-state index contributed by atoms with van der Waals surface area (Å²) in [5.74, 6) is -0.826. The van der Waals surface area contributed by atoms with E-state index in [1.165, 1.54) is 0 Å². The summed E-state index contributed by atoms with van der Waals surface area (Å²) in [4.78, 5) is 15.1. The molecule has 1 fully saturated rings. The van der Waals surface area contributed by atoms with Gasteiger partial charge in [-0.15, -0.1) is 0 Å². The maximum Gasteiger partial charge on any atom is 0.323 e. The number of nitrogens with zero attached hydrogens (tertiary/aromatic N) is 2. The van der Waals surface area contributed by atoms with Crippen molar-refractivity contribution >= 4 is 11.7 Å². The number of carboxylic acids is 1. The van der Waals surface area contributed by atoms with Gasteiger partial charge in [0.2, 0.25) is 0 Å². The fourth-order valence-electron chi connectivity index (χ4n) is 2.29. The molecule has 1 aromatic carbocycles. The molecule has 5 nitrogen and oxygen atoms in total. The van der Waals surface area contributed by atoms with Crippen molar-refractivity contribution in [2.45, 2.75) is 6.10 Å². The van der Waals surface area contributed by atoms with Crippen molar-refractivity contribution in [3.05, 3.63) is 30.3 Å². The first-order chi connectivity index (χ1) is 9.15. The summed E-state index contributed by atoms with van der Waals surface area (Å²) in [6, 6.07) is 9.61. The molecule has 0 radical (unpaired) electrons. The number of hydrogen-bond donors (Lipinski definition) is 1. The fraction of sp³-hybridized carbons (Fsp3) is 0.500. The van der Waals surface area contributed by atoms with Gasteiger partial charge in [-0.05, 0) is 19.2 Å². The number of carboxylic acid groups (broad SMARTS) is 1. The number of aliphatic carboxylic acids is 1. The number of rotatable bonds is 5. The van der Waals surface area contributed by atoms with Crippen molar-refractivity contribution in [2.75, 3.05) is 44.7 Å². The summed E-state index contributed by atoms with van der Waals surface area (Å²) in [6.45, 7) is 3.06. The molecule has 104 valence electrons. The molecule has 19 heavy (non-hydrogen) atoms. The van der Waals surface area contributed by atoms with E-state index in [1.807, 2.05) is 35.2 Å². The predicted molar refractivity (Wildman–Crippen MR) is 73.5 cm³/mol. The van der Waals surface area contributed by atoms with E-state index in [1.54, 1.807) is 0 Å². The first-order valence-electron chi connectivity index (χ1n) is 6.47. The average molecular weight is 264 g/mol. The zero-order valence-corrected chi connectivity index (χ0v) is 11.2. The van der Waals surface area contributed by atoms with Crippen LogP contribution in [-0.2, 0) is 9.53 Å². The molecule has 0 saturated carbocycles. The second-order valence-corrected chi connectivity index (χ2v) is 4.86. The van der Waals surface area contributed by atoms with Gasteiger partial charge in [0.25, 0.3) is 0 Å². The standard InChI is InChI=1S/C14H20N2O3/c1-15-7-8-19-13(9-15)10-16(11-14(17)18)12-5-3-2-4-6-12/h2-6,13H,7-11H2,1H3,(H,17,18). The number of para-hydroxylation sites is 1. The first-order valence-corrected chi connectivity index (χ1v) is 6.47. The summed E-state index contributed by atoms with van der Waals surface area (Å²) in [5.41, 5.74) is 0.918. The van der Waals surface area contributed by atoms with Crippen molar-refractivity contribution in [1.29, 1.82) is 0 Å². The maximum absolute atomic E-state index is 11.0. The Morgan fingerprint density at radius 1 is 1.47 bits per heavy atom. The van der Waals surface area contributed by atoms with Crippen LogP contribution in [-0.4, -0.2) is 61.9 Å². The largest absolute Gasteiger partial charge is 0.480 e. The highest BCUT2D eigenvalue weighted by Crippen LogP contribution is 2.15. The Kier molecular flexibility index (Phi) is 4.76. The summed E-state index contributed by atoms with van der Waals surface area (Å²) in [5, 5.41) is 9.03. The van der Waals surface area contributed by atoms with Crippen LogP contribution in [0.4, 0.5) is 5.69 Å². The number of likely N-dealkylation sites (N-methyl/N-ethyl adjacent to an activating group) is 1. The second-order valence-electron chi connectivity index (χ2n) is 4.86. The van der Waals surface area contributed by atoms with Gasteiger partial charge in [0.05, 0.1) is 12.7 Å². The van der Waals surface area contributed by atoms with E-state index in [-0.39, 0.29) is 12.6 Å². The zero-order chi connectivity index (χ0) is 13.7. The van der Waals surface area contributed by atoms with Crippen molar-refractivity contribution in [2.24, 2.45) is 0 Å². The van der Waals surface area contributed by atoms with Gasteiger partial charge in [0.1, 0.15) is 6.54 Å². The van der Waals surface area contributed by atoms with E-state index in [2.05, 4.69) is 11.9 Å². The van der Waals surface area contributed by atoms with Crippen LogP contribution in [0.2, 0.25) is 0 Å². The van der Waals surface area contributed by atoms with Crippen LogP contribution in [0.3, 0.4) is 0 Å². The highest BCUT2D eigenvalue weighted by atomic mass is 16.5. The van der Waals surface area contributed by atoms with E-state index in [4.69, 9.17) is 9.84 Å². The van der Waals surface area contributed by atoms with Crippen LogP contribution >= 0.6 is 0 Å². The lowest BCUT2D eigenvalue weighted by Gasteiger charge is -2.34. The Labute approximate surface area is 113 Å². The quantitative estimate of drug-likeness (QED) is 0.856. The lowest BCUT2D eigenvalue weighted by Crippen LogP contribution is -2.47. The van der Waals surface area contributed by atoms with Crippen LogP contribution in [0.1, 0.15) is 0 Å². The Balaban J connectivity index is 2.03. The lowest BCUT2D eigenvalue weighted by atomic mass is 10.2. The number of morpholine rings is 1. The van der Waals surface area contributed by atoms with E-state index in [0.29, 0.717) is 13.2 Å². The molecule has 1 aliphatic rings. The van der Waals surface area contributed by atoms with Gasteiger partial charge in [-0.3, -0.25) is 4.79 Å². The van der Waals surface area contributed by atoms with E-state index in [9.17, 15) is 4.79 Å². The van der Waals surface area contributed by atoms with Crippen LogP contribution in [0, 0.1) is 0 Å². The fourth-order valence-corrected chi connectivity index (χ4v) is 2.29. The van der Waals surface area contributed by atoms with Crippen molar-refractivity contribution < 1.29 is 14.6 Å². The molecule has 1 unspecified atom stereocenters. The Hall–Kier alpha value is -1.59. The molecule has 1 saturated heterocycles. The normalized spacial score (nSPS) is 20.2. The molecule has 1 heterocycles. The molecule has 1 aliphatic heterocycles. The Morgan fingerprint density at radius 3 is 2.84 bits per heavy atom. The molecule has 1 aromatic rings. The molecule has 2 rings (SSSR count). The molecule has 0 bridgehead atoms. The SMILES string of the molecule is CN1CCOC(CN(CC(=O)O)c2ccccc2)C1. The molecule has 0 spiro atoms. The van der Waals surface area contributed by atoms with E-state index >= 15 is 0 Å². The van der Waals surface area contributed by atoms with Gasteiger partial charge in [-0.2, -0.15) is 0 Å². The Bertz CT molecular complexity index is 410. The van der Waals surface area contributed by atoms with Gasteiger partial charge in [0.15, 0.2) is 0 Å². The highest BCUT2D eigenvalue weighted by molar-refractivity contribution is 5.73. The zero-order valence-electron chi connectivity index (χ0n) is 11.2. The summed E-state index contributed by atoms with van der Waals surface area (Å²) < 4.78 is 5.71. The number of anilines is 1. The van der Waals surface area contributed by atoms with Gasteiger partial charge >= 0.3 is 5.97 Å². The predicted octanol–water partition coefficient (Wildman–Crippen LogP) is 0.908. The first kappa shape index (κ1) is 13.8. The van der Waals surface area contributed by atoms with Crippen molar-refractivity contribution in [1.82, 2.24) is 4.90 Å². The Morgan fingerprint density at radius 2 is 2.21 bits per heavy atom. The lowest BCUT2D eigenvalue weighted by molar-refractivity contribution is -0.135. The summed E-state index contributed by atoms with van der Waals surface area (Å²) in [7, 11) is 2.06. The van der Waals surface area contributed by atoms with Crippen LogP contribution in [0.25, 0.3) is 0 Å². The molecule has 0 amide bonds. The molecule has 0 aliphatic carbocycles.